The van der Waals surface area contributed by atoms with Gasteiger partial charge in [0.15, 0.2) is 5.60 Å². The van der Waals surface area contributed by atoms with Crippen LogP contribution in [0.2, 0.25) is 0 Å². The molecule has 0 aliphatic heterocycles. The van der Waals surface area contributed by atoms with E-state index in [0.717, 1.165) is 17.6 Å². The number of carbonyl (C=O) groups is 1. The summed E-state index contributed by atoms with van der Waals surface area (Å²) in [6, 6.07) is 0. The highest BCUT2D eigenvalue weighted by Crippen LogP contribution is 2.43. The van der Waals surface area contributed by atoms with Gasteiger partial charge in [0.1, 0.15) is 0 Å². The molecule has 0 aromatic carbocycles. The zero-order valence-corrected chi connectivity index (χ0v) is 13.0. The van der Waals surface area contributed by atoms with Crippen LogP contribution in [0, 0.1) is 11.8 Å². The van der Waals surface area contributed by atoms with Crippen LogP contribution in [-0.2, 0) is 9.53 Å². The standard InChI is InChI=1S/C16H23ClO2/c1-7-16(19-15(18)11(4)5)12(6)8-9-13(10(2)3)14(16)17/h7-8,11,13-14H,1-2,9H2,3-6H3/t13-,14-,16-/m1/s1. The number of rotatable bonds is 4. The van der Waals surface area contributed by atoms with Crippen LogP contribution in [0.15, 0.2) is 36.5 Å². The lowest BCUT2D eigenvalue weighted by molar-refractivity contribution is -0.157. The van der Waals surface area contributed by atoms with E-state index in [2.05, 4.69) is 19.2 Å². The van der Waals surface area contributed by atoms with E-state index in [9.17, 15) is 4.79 Å². The predicted octanol–water partition coefficient (Wildman–Crippen LogP) is 4.26. The summed E-state index contributed by atoms with van der Waals surface area (Å²) in [6.45, 7) is 15.3. The molecule has 19 heavy (non-hydrogen) atoms. The lowest BCUT2D eigenvalue weighted by Gasteiger charge is -2.43. The van der Waals surface area contributed by atoms with Crippen molar-refractivity contribution in [2.45, 2.75) is 45.1 Å². The molecule has 0 fully saturated rings. The first-order valence-electron chi connectivity index (χ1n) is 6.59. The zero-order valence-electron chi connectivity index (χ0n) is 12.2. The largest absolute Gasteiger partial charge is 0.448 e. The Kier molecular flexibility index (Phi) is 5.03. The maximum absolute atomic E-state index is 12.0. The molecule has 0 saturated carbocycles. The number of esters is 1. The highest BCUT2D eigenvalue weighted by Gasteiger charge is 2.47. The monoisotopic (exact) mass is 282 g/mol. The van der Waals surface area contributed by atoms with E-state index in [0.29, 0.717) is 0 Å². The summed E-state index contributed by atoms with van der Waals surface area (Å²) in [7, 11) is 0. The molecule has 1 rings (SSSR count). The summed E-state index contributed by atoms with van der Waals surface area (Å²) in [5.41, 5.74) is 1.01. The second-order valence-electron chi connectivity index (χ2n) is 5.55. The quantitative estimate of drug-likeness (QED) is 0.437. The van der Waals surface area contributed by atoms with Crippen LogP contribution in [0.4, 0.5) is 0 Å². The van der Waals surface area contributed by atoms with E-state index >= 15 is 0 Å². The smallest absolute Gasteiger partial charge is 0.309 e. The van der Waals surface area contributed by atoms with Crippen molar-refractivity contribution >= 4 is 17.6 Å². The van der Waals surface area contributed by atoms with Crippen molar-refractivity contribution in [2.75, 3.05) is 0 Å². The average Bonchev–Trinajstić information content (AvgIpc) is 2.33. The molecule has 0 unspecified atom stereocenters. The van der Waals surface area contributed by atoms with Crippen LogP contribution in [-0.4, -0.2) is 16.9 Å². The molecule has 1 aliphatic rings. The molecule has 0 amide bonds. The maximum atomic E-state index is 12.0. The van der Waals surface area contributed by atoms with Crippen molar-refractivity contribution in [3.8, 4) is 0 Å². The number of hydrogen-bond donors (Lipinski definition) is 0. The van der Waals surface area contributed by atoms with E-state index in [4.69, 9.17) is 16.3 Å². The van der Waals surface area contributed by atoms with Gasteiger partial charge in [0.2, 0.25) is 0 Å². The summed E-state index contributed by atoms with van der Waals surface area (Å²) in [5.74, 6) is -0.373. The summed E-state index contributed by atoms with van der Waals surface area (Å²) in [4.78, 5) is 12.0. The summed E-state index contributed by atoms with van der Waals surface area (Å²) in [5, 5.41) is -0.366. The number of ether oxygens (including phenoxy) is 1. The first-order chi connectivity index (χ1) is 8.76. The normalized spacial score (nSPS) is 30.7. The molecular weight excluding hydrogens is 260 g/mol. The second-order valence-corrected chi connectivity index (χ2v) is 6.02. The van der Waals surface area contributed by atoms with Gasteiger partial charge in [-0.15, -0.1) is 11.6 Å². The van der Waals surface area contributed by atoms with Gasteiger partial charge < -0.3 is 4.74 Å². The molecule has 3 heteroatoms. The number of halogens is 1. The van der Waals surface area contributed by atoms with Crippen molar-refractivity contribution in [3.63, 3.8) is 0 Å². The highest BCUT2D eigenvalue weighted by atomic mass is 35.5. The molecule has 0 bridgehead atoms. The third kappa shape index (κ3) is 2.94. The fourth-order valence-corrected chi connectivity index (χ4v) is 2.91. The maximum Gasteiger partial charge on any atom is 0.309 e. The van der Waals surface area contributed by atoms with Gasteiger partial charge in [-0.05, 0) is 31.9 Å². The van der Waals surface area contributed by atoms with Gasteiger partial charge in [-0.25, -0.2) is 0 Å². The summed E-state index contributed by atoms with van der Waals surface area (Å²) in [6.07, 6.45) is 4.53. The van der Waals surface area contributed by atoms with Crippen LogP contribution in [0.25, 0.3) is 0 Å². The molecular formula is C16H23ClO2. The average molecular weight is 283 g/mol. The van der Waals surface area contributed by atoms with Gasteiger partial charge in [0.25, 0.3) is 0 Å². The Morgan fingerprint density at radius 3 is 2.63 bits per heavy atom. The third-order valence-electron chi connectivity index (χ3n) is 3.73. The zero-order chi connectivity index (χ0) is 14.8. The summed E-state index contributed by atoms with van der Waals surface area (Å²) < 4.78 is 5.70. The number of carbonyl (C=O) groups excluding carboxylic acids is 1. The molecule has 0 aromatic rings. The van der Waals surface area contributed by atoms with Crippen molar-refractivity contribution < 1.29 is 9.53 Å². The fraction of sp³-hybridized carbons (Fsp3) is 0.562. The van der Waals surface area contributed by atoms with Crippen LogP contribution >= 0.6 is 11.6 Å². The molecule has 106 valence electrons. The van der Waals surface area contributed by atoms with Gasteiger partial charge in [0.05, 0.1) is 11.3 Å². The molecule has 2 nitrogen and oxygen atoms in total. The number of allylic oxidation sites excluding steroid dienone is 2. The Balaban J connectivity index is 3.18. The molecule has 0 heterocycles. The minimum atomic E-state index is -0.926. The van der Waals surface area contributed by atoms with E-state index < -0.39 is 5.60 Å². The van der Waals surface area contributed by atoms with Crippen molar-refractivity contribution in [1.29, 1.82) is 0 Å². The molecule has 0 saturated heterocycles. The van der Waals surface area contributed by atoms with E-state index in [1.807, 2.05) is 13.8 Å². The Bertz CT molecular complexity index is 422. The molecule has 3 atom stereocenters. The van der Waals surface area contributed by atoms with Crippen LogP contribution in [0.5, 0.6) is 0 Å². The van der Waals surface area contributed by atoms with Crippen molar-refractivity contribution in [2.24, 2.45) is 11.8 Å². The van der Waals surface area contributed by atoms with Gasteiger partial charge in [-0.1, -0.05) is 38.7 Å². The molecule has 0 spiro atoms. The highest BCUT2D eigenvalue weighted by molar-refractivity contribution is 6.22. The van der Waals surface area contributed by atoms with Gasteiger partial charge in [-0.2, -0.15) is 0 Å². The van der Waals surface area contributed by atoms with E-state index in [-0.39, 0.29) is 23.2 Å². The Labute approximate surface area is 121 Å². The third-order valence-corrected chi connectivity index (χ3v) is 4.36. The minimum absolute atomic E-state index is 0.0864. The topological polar surface area (TPSA) is 26.3 Å². The fourth-order valence-electron chi connectivity index (χ4n) is 2.29. The SMILES string of the molecule is C=C[C@@]1(OC(=O)C(C)C)C(C)=CC[C@H](C(=C)C)[C@H]1Cl. The van der Waals surface area contributed by atoms with Crippen LogP contribution in [0.3, 0.4) is 0 Å². The van der Waals surface area contributed by atoms with Crippen molar-refractivity contribution in [1.82, 2.24) is 0 Å². The van der Waals surface area contributed by atoms with E-state index in [1.54, 1.807) is 19.9 Å². The summed E-state index contributed by atoms with van der Waals surface area (Å²) >= 11 is 6.59. The molecule has 0 N–H and O–H groups in total. The first kappa shape index (κ1) is 16.0. The van der Waals surface area contributed by atoms with E-state index in [1.165, 1.54) is 0 Å². The van der Waals surface area contributed by atoms with Gasteiger partial charge >= 0.3 is 5.97 Å². The molecule has 0 radical (unpaired) electrons. The number of hydrogen-bond acceptors (Lipinski definition) is 2. The van der Waals surface area contributed by atoms with Gasteiger partial charge in [-0.3, -0.25) is 4.79 Å². The predicted molar refractivity (Wildman–Crippen MR) is 80.2 cm³/mol. The lowest BCUT2D eigenvalue weighted by atomic mass is 9.75. The van der Waals surface area contributed by atoms with Gasteiger partial charge in [0, 0.05) is 5.92 Å². The second kappa shape index (κ2) is 5.96. The lowest BCUT2D eigenvalue weighted by Crippen LogP contribution is -2.49. The Morgan fingerprint density at radius 1 is 1.63 bits per heavy atom. The Hall–Kier alpha value is -1.02. The number of alkyl halides is 1. The minimum Gasteiger partial charge on any atom is -0.448 e. The van der Waals surface area contributed by atoms with Crippen LogP contribution in [0.1, 0.15) is 34.1 Å². The molecule has 1 aliphatic carbocycles. The van der Waals surface area contributed by atoms with Crippen molar-refractivity contribution in [3.05, 3.63) is 36.5 Å². The molecule has 0 aromatic heterocycles. The van der Waals surface area contributed by atoms with Crippen LogP contribution < -0.4 is 0 Å². The first-order valence-corrected chi connectivity index (χ1v) is 7.03. The Morgan fingerprint density at radius 2 is 2.21 bits per heavy atom.